The van der Waals surface area contributed by atoms with Gasteiger partial charge in [-0.15, -0.1) is 6.42 Å². The number of ether oxygens (including phenoxy) is 2. The third kappa shape index (κ3) is 4.24. The molecule has 0 amide bonds. The van der Waals surface area contributed by atoms with Gasteiger partial charge >= 0.3 is 0 Å². The molecule has 20 heavy (non-hydrogen) atoms. The van der Waals surface area contributed by atoms with E-state index in [1.165, 1.54) is 0 Å². The highest BCUT2D eigenvalue weighted by molar-refractivity contribution is 9.10. The van der Waals surface area contributed by atoms with Crippen LogP contribution in [0.2, 0.25) is 0 Å². The standard InChI is InChI=1S/C16H20BrNO2/c1-3-8-19-15-6-5-14(17)10-13(15)11-18-12-16(2)7-4-9-20-16/h1,5-6,10,18H,4,7-9,11-12H2,2H3. The van der Waals surface area contributed by atoms with Crippen molar-refractivity contribution in [2.24, 2.45) is 0 Å². The minimum absolute atomic E-state index is 0.0359. The maximum atomic E-state index is 5.77. The molecule has 108 valence electrons. The molecule has 0 bridgehead atoms. The van der Waals surface area contributed by atoms with E-state index in [-0.39, 0.29) is 12.2 Å². The Morgan fingerprint density at radius 2 is 2.40 bits per heavy atom. The maximum absolute atomic E-state index is 5.77. The van der Waals surface area contributed by atoms with Gasteiger partial charge in [-0.2, -0.15) is 0 Å². The Labute approximate surface area is 129 Å². The Hall–Kier alpha value is -1.02. The monoisotopic (exact) mass is 337 g/mol. The van der Waals surface area contributed by atoms with Crippen LogP contribution >= 0.6 is 15.9 Å². The Kier molecular flexibility index (Phi) is 5.47. The number of hydrogen-bond acceptors (Lipinski definition) is 3. The van der Waals surface area contributed by atoms with Crippen molar-refractivity contribution in [3.63, 3.8) is 0 Å². The van der Waals surface area contributed by atoms with Crippen LogP contribution in [0.1, 0.15) is 25.3 Å². The lowest BCUT2D eigenvalue weighted by Crippen LogP contribution is -2.36. The van der Waals surface area contributed by atoms with Crippen LogP contribution in [0, 0.1) is 12.3 Å². The molecule has 0 spiro atoms. The summed E-state index contributed by atoms with van der Waals surface area (Å²) in [6.45, 7) is 4.89. The van der Waals surface area contributed by atoms with Crippen LogP contribution in [0.3, 0.4) is 0 Å². The fourth-order valence-electron chi connectivity index (χ4n) is 2.38. The first kappa shape index (κ1) is 15.4. The average Bonchev–Trinajstić information content (AvgIpc) is 2.85. The molecule has 2 rings (SSSR count). The van der Waals surface area contributed by atoms with Crippen molar-refractivity contribution in [2.45, 2.75) is 31.9 Å². The smallest absolute Gasteiger partial charge is 0.148 e. The lowest BCUT2D eigenvalue weighted by Gasteiger charge is -2.23. The van der Waals surface area contributed by atoms with Crippen LogP contribution in [-0.4, -0.2) is 25.4 Å². The van der Waals surface area contributed by atoms with Crippen molar-refractivity contribution in [3.8, 4) is 18.1 Å². The molecule has 0 aliphatic carbocycles. The molecular weight excluding hydrogens is 318 g/mol. The van der Waals surface area contributed by atoms with Gasteiger partial charge in [-0.3, -0.25) is 0 Å². The second-order valence-electron chi connectivity index (χ2n) is 5.25. The van der Waals surface area contributed by atoms with Gasteiger partial charge in [-0.1, -0.05) is 21.9 Å². The Morgan fingerprint density at radius 3 is 3.10 bits per heavy atom. The van der Waals surface area contributed by atoms with Crippen molar-refractivity contribution in [3.05, 3.63) is 28.2 Å². The van der Waals surface area contributed by atoms with E-state index in [2.05, 4.69) is 40.2 Å². The van der Waals surface area contributed by atoms with E-state index in [1.807, 2.05) is 12.1 Å². The third-order valence-corrected chi connectivity index (χ3v) is 3.94. The molecule has 1 aliphatic heterocycles. The van der Waals surface area contributed by atoms with E-state index < -0.39 is 0 Å². The SMILES string of the molecule is C#CCOc1ccc(Br)cc1CNCC1(C)CCCO1. The summed E-state index contributed by atoms with van der Waals surface area (Å²) in [4.78, 5) is 0. The molecule has 1 fully saturated rings. The topological polar surface area (TPSA) is 30.5 Å². The molecule has 1 unspecified atom stereocenters. The molecule has 1 N–H and O–H groups in total. The zero-order valence-electron chi connectivity index (χ0n) is 11.7. The summed E-state index contributed by atoms with van der Waals surface area (Å²) < 4.78 is 12.4. The van der Waals surface area contributed by atoms with Gasteiger partial charge in [0, 0.05) is 29.7 Å². The fourth-order valence-corrected chi connectivity index (χ4v) is 2.79. The van der Waals surface area contributed by atoms with Crippen LogP contribution in [0.5, 0.6) is 5.75 Å². The second-order valence-corrected chi connectivity index (χ2v) is 6.17. The molecule has 0 radical (unpaired) electrons. The molecule has 1 aromatic rings. The van der Waals surface area contributed by atoms with Gasteiger partial charge < -0.3 is 14.8 Å². The Bertz CT molecular complexity index is 490. The van der Waals surface area contributed by atoms with Crippen LogP contribution < -0.4 is 10.1 Å². The zero-order chi connectivity index (χ0) is 14.4. The van der Waals surface area contributed by atoms with E-state index in [9.17, 15) is 0 Å². The molecule has 1 aliphatic rings. The summed E-state index contributed by atoms with van der Waals surface area (Å²) in [5.41, 5.74) is 1.06. The first-order chi connectivity index (χ1) is 9.63. The second kappa shape index (κ2) is 7.12. The largest absolute Gasteiger partial charge is 0.481 e. The van der Waals surface area contributed by atoms with Crippen LogP contribution in [0.25, 0.3) is 0 Å². The zero-order valence-corrected chi connectivity index (χ0v) is 13.3. The number of nitrogens with one attached hydrogen (secondary N) is 1. The van der Waals surface area contributed by atoms with E-state index >= 15 is 0 Å². The molecule has 0 aromatic heterocycles. The first-order valence-corrected chi connectivity index (χ1v) is 7.62. The third-order valence-electron chi connectivity index (χ3n) is 3.45. The number of hydrogen-bond donors (Lipinski definition) is 1. The summed E-state index contributed by atoms with van der Waals surface area (Å²) >= 11 is 3.48. The highest BCUT2D eigenvalue weighted by atomic mass is 79.9. The predicted octanol–water partition coefficient (Wildman–Crippen LogP) is 3.12. The predicted molar refractivity (Wildman–Crippen MR) is 83.8 cm³/mol. The molecule has 4 heteroatoms. The van der Waals surface area contributed by atoms with Crippen LogP contribution in [0.4, 0.5) is 0 Å². The average molecular weight is 338 g/mol. The lowest BCUT2D eigenvalue weighted by atomic mass is 10.0. The van der Waals surface area contributed by atoms with Crippen molar-refractivity contribution < 1.29 is 9.47 Å². The van der Waals surface area contributed by atoms with Crippen LogP contribution in [0.15, 0.2) is 22.7 Å². The van der Waals surface area contributed by atoms with E-state index in [1.54, 1.807) is 0 Å². The van der Waals surface area contributed by atoms with Crippen LogP contribution in [-0.2, 0) is 11.3 Å². The quantitative estimate of drug-likeness (QED) is 0.809. The molecule has 1 saturated heterocycles. The lowest BCUT2D eigenvalue weighted by molar-refractivity contribution is 0.0206. The first-order valence-electron chi connectivity index (χ1n) is 6.82. The maximum Gasteiger partial charge on any atom is 0.148 e. The van der Waals surface area contributed by atoms with Gasteiger partial charge in [0.15, 0.2) is 0 Å². The molecular formula is C16H20BrNO2. The molecule has 1 aromatic carbocycles. The van der Waals surface area contributed by atoms with E-state index in [0.29, 0.717) is 0 Å². The van der Waals surface area contributed by atoms with Gasteiger partial charge in [0.2, 0.25) is 0 Å². The molecule has 1 atom stereocenters. The number of halogens is 1. The van der Waals surface area contributed by atoms with E-state index in [0.717, 1.165) is 48.3 Å². The number of terminal acetylenes is 1. The molecule has 3 nitrogen and oxygen atoms in total. The van der Waals surface area contributed by atoms with Gasteiger partial charge in [-0.25, -0.2) is 0 Å². The number of benzene rings is 1. The van der Waals surface area contributed by atoms with Gasteiger partial charge in [0.05, 0.1) is 5.60 Å². The summed E-state index contributed by atoms with van der Waals surface area (Å²) in [5.74, 6) is 3.32. The minimum atomic E-state index is -0.0359. The van der Waals surface area contributed by atoms with Crippen molar-refractivity contribution >= 4 is 15.9 Å². The normalized spacial score (nSPS) is 21.6. The summed E-state index contributed by atoms with van der Waals surface area (Å²) in [7, 11) is 0. The fraction of sp³-hybridized carbons (Fsp3) is 0.500. The van der Waals surface area contributed by atoms with E-state index in [4.69, 9.17) is 15.9 Å². The summed E-state index contributed by atoms with van der Waals surface area (Å²) in [6, 6.07) is 5.94. The highest BCUT2D eigenvalue weighted by Gasteiger charge is 2.29. The van der Waals surface area contributed by atoms with Gasteiger partial charge in [0.25, 0.3) is 0 Å². The summed E-state index contributed by atoms with van der Waals surface area (Å²) in [5, 5.41) is 3.45. The highest BCUT2D eigenvalue weighted by Crippen LogP contribution is 2.26. The van der Waals surface area contributed by atoms with Crippen molar-refractivity contribution in [2.75, 3.05) is 19.8 Å². The number of rotatable bonds is 6. The molecule has 0 saturated carbocycles. The Morgan fingerprint density at radius 1 is 1.55 bits per heavy atom. The van der Waals surface area contributed by atoms with Crippen molar-refractivity contribution in [1.82, 2.24) is 5.32 Å². The Balaban J connectivity index is 1.93. The minimum Gasteiger partial charge on any atom is -0.481 e. The van der Waals surface area contributed by atoms with Gasteiger partial charge in [0.1, 0.15) is 12.4 Å². The molecule has 1 heterocycles. The summed E-state index contributed by atoms with van der Waals surface area (Å²) in [6.07, 6.45) is 7.49. The van der Waals surface area contributed by atoms with Gasteiger partial charge in [-0.05, 0) is 38.0 Å². The van der Waals surface area contributed by atoms with Crippen molar-refractivity contribution in [1.29, 1.82) is 0 Å².